The number of fused-ring (bicyclic) bond motifs is 1. The van der Waals surface area contributed by atoms with Gasteiger partial charge in [0.2, 0.25) is 0 Å². The van der Waals surface area contributed by atoms with Gasteiger partial charge in [-0.2, -0.15) is 0 Å². The van der Waals surface area contributed by atoms with E-state index in [1.165, 1.54) is 0 Å². The van der Waals surface area contributed by atoms with Crippen LogP contribution in [0.1, 0.15) is 41.0 Å². The van der Waals surface area contributed by atoms with Crippen LogP contribution in [0.15, 0.2) is 48.7 Å². The number of aromatic nitrogens is 5. The summed E-state index contributed by atoms with van der Waals surface area (Å²) in [5.41, 5.74) is 3.04. The number of pyridine rings is 1. The van der Waals surface area contributed by atoms with Crippen molar-refractivity contribution in [3.05, 3.63) is 71.6 Å². The van der Waals surface area contributed by atoms with Gasteiger partial charge in [-0.25, -0.2) is 9.78 Å². The van der Waals surface area contributed by atoms with Gasteiger partial charge in [-0.15, -0.1) is 10.2 Å². The number of carbonyl (C=O) groups is 1. The SMILES string of the molecule is CCCc1nnc(COC)n1Cc1ccc(-c2nc3ccccn3c2C(=O)O)cc1. The Morgan fingerprint density at radius 1 is 1.10 bits per heavy atom. The molecule has 0 saturated heterocycles. The van der Waals surface area contributed by atoms with Crippen LogP contribution >= 0.6 is 0 Å². The van der Waals surface area contributed by atoms with Gasteiger partial charge < -0.3 is 14.4 Å². The number of carboxylic acid groups (broad SMARTS) is 1. The van der Waals surface area contributed by atoms with Gasteiger partial charge in [-0.3, -0.25) is 4.40 Å². The van der Waals surface area contributed by atoms with Gasteiger partial charge in [0.25, 0.3) is 0 Å². The third kappa shape index (κ3) is 3.69. The molecule has 0 radical (unpaired) electrons. The Morgan fingerprint density at radius 2 is 1.87 bits per heavy atom. The van der Waals surface area contributed by atoms with Gasteiger partial charge in [0.05, 0.1) is 6.54 Å². The largest absolute Gasteiger partial charge is 0.476 e. The number of benzene rings is 1. The Labute approximate surface area is 173 Å². The first-order valence-corrected chi connectivity index (χ1v) is 9.82. The Bertz CT molecular complexity index is 1150. The zero-order valence-corrected chi connectivity index (χ0v) is 16.9. The molecular weight excluding hydrogens is 382 g/mol. The summed E-state index contributed by atoms with van der Waals surface area (Å²) < 4.78 is 8.92. The van der Waals surface area contributed by atoms with E-state index in [4.69, 9.17) is 4.74 Å². The molecule has 0 aliphatic rings. The summed E-state index contributed by atoms with van der Waals surface area (Å²) in [5, 5.41) is 18.3. The fraction of sp³-hybridized carbons (Fsp3) is 0.273. The van der Waals surface area contributed by atoms with E-state index in [1.54, 1.807) is 29.8 Å². The number of ether oxygens (including phenoxy) is 1. The number of aryl methyl sites for hydroxylation is 1. The van der Waals surface area contributed by atoms with Crippen LogP contribution in [0.4, 0.5) is 0 Å². The number of rotatable bonds is 8. The standard InChI is InChI=1S/C22H23N5O3/c1-3-6-18-24-25-19(14-30-2)27(18)13-15-8-10-16(11-9-15)20-21(22(28)29)26-12-5-4-7-17(26)23-20/h4-5,7-12H,3,6,13-14H2,1-2H3,(H,28,29). The average Bonchev–Trinajstić information content (AvgIpc) is 3.31. The van der Waals surface area contributed by atoms with Crippen LogP contribution in [-0.2, 0) is 24.3 Å². The van der Waals surface area contributed by atoms with Gasteiger partial charge >= 0.3 is 5.97 Å². The van der Waals surface area contributed by atoms with Crippen molar-refractivity contribution in [1.82, 2.24) is 24.1 Å². The van der Waals surface area contributed by atoms with Crippen molar-refractivity contribution >= 4 is 11.6 Å². The minimum absolute atomic E-state index is 0.157. The third-order valence-corrected chi connectivity index (χ3v) is 4.95. The highest BCUT2D eigenvalue weighted by atomic mass is 16.5. The number of aromatic carboxylic acids is 1. The van der Waals surface area contributed by atoms with Gasteiger partial charge in [-0.05, 0) is 24.1 Å². The molecule has 0 bridgehead atoms. The predicted molar refractivity (Wildman–Crippen MR) is 111 cm³/mol. The molecule has 1 aromatic carbocycles. The van der Waals surface area contributed by atoms with Crippen molar-refractivity contribution in [2.24, 2.45) is 0 Å². The molecule has 30 heavy (non-hydrogen) atoms. The maximum atomic E-state index is 11.9. The van der Waals surface area contributed by atoms with Crippen molar-refractivity contribution in [3.8, 4) is 11.3 Å². The van der Waals surface area contributed by atoms with Crippen LogP contribution in [0.25, 0.3) is 16.9 Å². The van der Waals surface area contributed by atoms with E-state index >= 15 is 0 Å². The molecule has 0 atom stereocenters. The van der Waals surface area contributed by atoms with E-state index in [2.05, 4.69) is 26.7 Å². The highest BCUT2D eigenvalue weighted by molar-refractivity contribution is 5.94. The van der Waals surface area contributed by atoms with Crippen molar-refractivity contribution < 1.29 is 14.6 Å². The second kappa shape index (κ2) is 8.46. The first-order chi connectivity index (χ1) is 14.6. The molecule has 0 aliphatic carbocycles. The monoisotopic (exact) mass is 405 g/mol. The summed E-state index contributed by atoms with van der Waals surface area (Å²) in [5.74, 6) is 0.714. The van der Waals surface area contributed by atoms with Crippen LogP contribution in [0.5, 0.6) is 0 Å². The Kier molecular flexibility index (Phi) is 5.58. The van der Waals surface area contributed by atoms with Gasteiger partial charge in [0.1, 0.15) is 23.8 Å². The third-order valence-electron chi connectivity index (χ3n) is 4.95. The molecule has 3 aromatic heterocycles. The molecule has 8 heteroatoms. The molecule has 8 nitrogen and oxygen atoms in total. The summed E-state index contributed by atoms with van der Waals surface area (Å²) >= 11 is 0. The molecule has 4 rings (SSSR count). The molecule has 0 spiro atoms. The fourth-order valence-corrected chi connectivity index (χ4v) is 3.55. The number of hydrogen-bond acceptors (Lipinski definition) is 5. The zero-order chi connectivity index (χ0) is 21.1. The van der Waals surface area contributed by atoms with E-state index in [9.17, 15) is 9.90 Å². The Balaban J connectivity index is 1.67. The smallest absolute Gasteiger partial charge is 0.355 e. The van der Waals surface area contributed by atoms with E-state index in [1.807, 2.05) is 30.3 Å². The fourth-order valence-electron chi connectivity index (χ4n) is 3.55. The number of nitrogens with zero attached hydrogens (tertiary/aromatic N) is 5. The minimum Gasteiger partial charge on any atom is -0.476 e. The lowest BCUT2D eigenvalue weighted by Gasteiger charge is -2.10. The Hall–Kier alpha value is -3.52. The van der Waals surface area contributed by atoms with Crippen molar-refractivity contribution in [2.75, 3.05) is 7.11 Å². The topological polar surface area (TPSA) is 94.5 Å². The number of methoxy groups -OCH3 is 1. The minimum atomic E-state index is -1.01. The first-order valence-electron chi connectivity index (χ1n) is 9.82. The molecule has 0 saturated carbocycles. The zero-order valence-electron chi connectivity index (χ0n) is 16.9. The maximum absolute atomic E-state index is 11.9. The molecular formula is C22H23N5O3. The van der Waals surface area contributed by atoms with E-state index in [-0.39, 0.29) is 5.69 Å². The van der Waals surface area contributed by atoms with E-state index in [0.29, 0.717) is 24.5 Å². The lowest BCUT2D eigenvalue weighted by molar-refractivity contribution is 0.0690. The van der Waals surface area contributed by atoms with Crippen molar-refractivity contribution in [1.29, 1.82) is 0 Å². The van der Waals surface area contributed by atoms with E-state index in [0.717, 1.165) is 35.6 Å². The van der Waals surface area contributed by atoms with Crippen LogP contribution in [0.2, 0.25) is 0 Å². The lowest BCUT2D eigenvalue weighted by Crippen LogP contribution is -2.10. The van der Waals surface area contributed by atoms with E-state index < -0.39 is 5.97 Å². The molecule has 0 aliphatic heterocycles. The first kappa shape index (κ1) is 19.8. The summed E-state index contributed by atoms with van der Waals surface area (Å²) in [7, 11) is 1.64. The van der Waals surface area contributed by atoms with Crippen LogP contribution in [-0.4, -0.2) is 42.3 Å². The second-order valence-corrected chi connectivity index (χ2v) is 7.04. The van der Waals surface area contributed by atoms with Gasteiger partial charge in [0.15, 0.2) is 11.5 Å². The predicted octanol–water partition coefficient (Wildman–Crippen LogP) is 3.44. The summed E-state index contributed by atoms with van der Waals surface area (Å²) in [6, 6.07) is 13.2. The second-order valence-electron chi connectivity index (χ2n) is 7.04. The summed E-state index contributed by atoms with van der Waals surface area (Å²) in [6.45, 7) is 3.13. The summed E-state index contributed by atoms with van der Waals surface area (Å²) in [4.78, 5) is 16.4. The van der Waals surface area contributed by atoms with Crippen LogP contribution in [0.3, 0.4) is 0 Å². The lowest BCUT2D eigenvalue weighted by atomic mass is 10.1. The molecule has 154 valence electrons. The molecule has 1 N–H and O–H groups in total. The molecule has 3 heterocycles. The van der Waals surface area contributed by atoms with Crippen LogP contribution in [0, 0.1) is 0 Å². The molecule has 0 unspecified atom stereocenters. The van der Waals surface area contributed by atoms with Crippen LogP contribution < -0.4 is 0 Å². The maximum Gasteiger partial charge on any atom is 0.355 e. The quantitative estimate of drug-likeness (QED) is 0.483. The molecule has 4 aromatic rings. The highest BCUT2D eigenvalue weighted by Crippen LogP contribution is 2.25. The number of imidazole rings is 1. The Morgan fingerprint density at radius 3 is 2.57 bits per heavy atom. The molecule has 0 fully saturated rings. The van der Waals surface area contributed by atoms with Gasteiger partial charge in [-0.1, -0.05) is 37.3 Å². The number of hydrogen-bond donors (Lipinski definition) is 1. The number of carboxylic acids is 1. The highest BCUT2D eigenvalue weighted by Gasteiger charge is 2.20. The van der Waals surface area contributed by atoms with Crippen molar-refractivity contribution in [2.45, 2.75) is 32.9 Å². The normalized spacial score (nSPS) is 11.3. The molecule has 0 amide bonds. The van der Waals surface area contributed by atoms with Gasteiger partial charge in [0, 0.05) is 25.3 Å². The van der Waals surface area contributed by atoms with Crippen molar-refractivity contribution in [3.63, 3.8) is 0 Å². The summed E-state index contributed by atoms with van der Waals surface area (Å²) in [6.07, 6.45) is 3.54. The average molecular weight is 405 g/mol.